The van der Waals surface area contributed by atoms with Gasteiger partial charge in [0, 0.05) is 30.7 Å². The van der Waals surface area contributed by atoms with Crippen molar-refractivity contribution in [3.63, 3.8) is 0 Å². The van der Waals surface area contributed by atoms with E-state index in [-0.39, 0.29) is 10.6 Å². The van der Waals surface area contributed by atoms with Gasteiger partial charge >= 0.3 is 0 Å². The van der Waals surface area contributed by atoms with Gasteiger partial charge < -0.3 is 21.1 Å². The number of hydrogen-bond acceptors (Lipinski definition) is 7. The van der Waals surface area contributed by atoms with Crippen LogP contribution in [0.2, 0.25) is 0 Å². The van der Waals surface area contributed by atoms with Gasteiger partial charge in [0.05, 0.1) is 17.1 Å². The molecule has 6 N–H and O–H groups in total. The molecule has 2 aromatic carbocycles. The Bertz CT molecular complexity index is 1110. The molecular formula is C21H25N5O3S. The summed E-state index contributed by atoms with van der Waals surface area (Å²) < 4.78 is 22.7. The van der Waals surface area contributed by atoms with Crippen molar-refractivity contribution in [2.24, 2.45) is 15.9 Å². The molecule has 0 bridgehead atoms. The fourth-order valence-electron chi connectivity index (χ4n) is 3.19. The number of nitrogens with one attached hydrogen (secondary N) is 1. The molecule has 0 saturated carbocycles. The lowest BCUT2D eigenvalue weighted by Gasteiger charge is -2.27. The van der Waals surface area contributed by atoms with Crippen molar-refractivity contribution in [1.82, 2.24) is 10.2 Å². The minimum Gasteiger partial charge on any atom is -0.507 e. The second kappa shape index (κ2) is 8.60. The van der Waals surface area contributed by atoms with Gasteiger partial charge in [-0.3, -0.25) is 0 Å². The number of phenols is 1. The normalized spacial score (nSPS) is 14.6. The number of nitrogens with zero attached hydrogens (tertiary/aromatic N) is 2. The fourth-order valence-corrected chi connectivity index (χ4v) is 3.70. The van der Waals surface area contributed by atoms with Gasteiger partial charge in [-0.1, -0.05) is 12.1 Å². The lowest BCUT2D eigenvalue weighted by molar-refractivity contribution is 0.466. The highest BCUT2D eigenvalue weighted by molar-refractivity contribution is 7.89. The fraction of sp³-hybridized carbons (Fsp3) is 0.190. The molecule has 0 radical (unpaired) electrons. The third kappa shape index (κ3) is 4.81. The summed E-state index contributed by atoms with van der Waals surface area (Å²) in [4.78, 5) is 6.41. The zero-order valence-electron chi connectivity index (χ0n) is 16.8. The molecule has 8 nitrogen and oxygen atoms in total. The highest BCUT2D eigenvalue weighted by Crippen LogP contribution is 2.28. The molecule has 0 unspecified atom stereocenters. The Hall–Kier alpha value is -3.30. The van der Waals surface area contributed by atoms with Crippen LogP contribution in [0.4, 0.5) is 0 Å². The highest BCUT2D eigenvalue weighted by atomic mass is 32.2. The number of sulfonamides is 1. The minimum absolute atomic E-state index is 0.0765. The average molecular weight is 428 g/mol. The third-order valence-electron chi connectivity index (χ3n) is 4.80. The molecule has 0 amide bonds. The summed E-state index contributed by atoms with van der Waals surface area (Å²) in [6.45, 7) is 4.65. The molecule has 0 aromatic heterocycles. The van der Waals surface area contributed by atoms with Gasteiger partial charge in [-0.05, 0) is 54.8 Å². The van der Waals surface area contributed by atoms with Crippen molar-refractivity contribution in [1.29, 1.82) is 0 Å². The lowest BCUT2D eigenvalue weighted by atomic mass is 10.0. The number of hydrogen-bond donors (Lipinski definition) is 4. The molecule has 1 aliphatic rings. The zero-order valence-corrected chi connectivity index (χ0v) is 17.6. The molecule has 3 rings (SSSR count). The average Bonchev–Trinajstić information content (AvgIpc) is 2.71. The van der Waals surface area contributed by atoms with E-state index in [1.165, 1.54) is 18.3 Å². The predicted octanol–water partition coefficient (Wildman–Crippen LogP) is 1.89. The molecular weight excluding hydrogens is 402 g/mol. The second-order valence-electron chi connectivity index (χ2n) is 7.05. The Morgan fingerprint density at radius 1 is 1.23 bits per heavy atom. The summed E-state index contributed by atoms with van der Waals surface area (Å²) in [5.41, 5.74) is 10.1. The van der Waals surface area contributed by atoms with Gasteiger partial charge in [0.15, 0.2) is 0 Å². The predicted molar refractivity (Wildman–Crippen MR) is 118 cm³/mol. The molecule has 0 spiro atoms. The zero-order chi connectivity index (χ0) is 21.9. The van der Waals surface area contributed by atoms with Crippen molar-refractivity contribution in [3.8, 4) is 5.75 Å². The summed E-state index contributed by atoms with van der Waals surface area (Å²) in [5.74, 6) is 1.02. The van der Waals surface area contributed by atoms with E-state index in [1.54, 1.807) is 18.3 Å². The number of aliphatic imine (C=N–C) groups is 1. The van der Waals surface area contributed by atoms with Crippen LogP contribution in [0.3, 0.4) is 0 Å². The number of phenolic OH excluding ortho intramolecular Hbond substituents is 1. The first kappa shape index (κ1) is 21.4. The molecule has 158 valence electrons. The van der Waals surface area contributed by atoms with Gasteiger partial charge in [-0.2, -0.15) is 0 Å². The number of aryl methyl sites for hydroxylation is 2. The smallest absolute Gasteiger partial charge is 0.238 e. The maximum atomic E-state index is 11.4. The summed E-state index contributed by atoms with van der Waals surface area (Å²) in [6, 6.07) is 10.1. The Morgan fingerprint density at radius 2 is 1.87 bits per heavy atom. The van der Waals surface area contributed by atoms with E-state index in [9.17, 15) is 13.5 Å². The van der Waals surface area contributed by atoms with E-state index in [4.69, 9.17) is 10.9 Å². The van der Waals surface area contributed by atoms with E-state index in [2.05, 4.69) is 10.3 Å². The Kier molecular flexibility index (Phi) is 6.14. The number of rotatable bonds is 5. The molecule has 0 saturated heterocycles. The van der Waals surface area contributed by atoms with Gasteiger partial charge in [-0.25, -0.2) is 18.5 Å². The topological polar surface area (TPSA) is 134 Å². The van der Waals surface area contributed by atoms with Crippen LogP contribution in [0.5, 0.6) is 5.75 Å². The molecule has 9 heteroatoms. The summed E-state index contributed by atoms with van der Waals surface area (Å²) in [5, 5.41) is 18.4. The number of primary sulfonamides is 1. The number of aromatic hydroxyl groups is 1. The van der Waals surface area contributed by atoms with Crippen molar-refractivity contribution >= 4 is 21.6 Å². The van der Waals surface area contributed by atoms with Crippen molar-refractivity contribution in [2.75, 3.05) is 6.54 Å². The van der Waals surface area contributed by atoms with Crippen LogP contribution in [0.25, 0.3) is 5.70 Å². The van der Waals surface area contributed by atoms with Crippen molar-refractivity contribution in [3.05, 3.63) is 77.3 Å². The maximum Gasteiger partial charge on any atom is 0.238 e. The molecule has 0 aliphatic carbocycles. The Labute approximate surface area is 176 Å². The van der Waals surface area contributed by atoms with E-state index in [0.717, 1.165) is 33.8 Å². The first-order chi connectivity index (χ1) is 14.2. The van der Waals surface area contributed by atoms with Crippen LogP contribution in [-0.2, 0) is 16.6 Å². The Balaban J connectivity index is 1.69. The third-order valence-corrected chi connectivity index (χ3v) is 5.73. The van der Waals surface area contributed by atoms with Crippen LogP contribution < -0.4 is 16.2 Å². The minimum atomic E-state index is -3.70. The Morgan fingerprint density at radius 3 is 2.43 bits per heavy atom. The van der Waals surface area contributed by atoms with Gasteiger partial charge in [0.2, 0.25) is 10.0 Å². The number of amidine groups is 1. The van der Waals surface area contributed by atoms with E-state index < -0.39 is 10.0 Å². The van der Waals surface area contributed by atoms with Crippen LogP contribution in [0.15, 0.2) is 64.9 Å². The van der Waals surface area contributed by atoms with Gasteiger partial charge in [-0.15, -0.1) is 0 Å². The van der Waals surface area contributed by atoms with Crippen LogP contribution in [-0.4, -0.2) is 30.8 Å². The van der Waals surface area contributed by atoms with Crippen molar-refractivity contribution < 1.29 is 13.5 Å². The molecule has 0 fully saturated rings. The van der Waals surface area contributed by atoms with Gasteiger partial charge in [0.25, 0.3) is 0 Å². The second-order valence-corrected chi connectivity index (χ2v) is 8.62. The van der Waals surface area contributed by atoms with Crippen LogP contribution in [0, 0.1) is 13.8 Å². The number of nitrogens with two attached hydrogens (primary N) is 2. The van der Waals surface area contributed by atoms with E-state index in [0.29, 0.717) is 13.1 Å². The highest BCUT2D eigenvalue weighted by Gasteiger charge is 2.16. The van der Waals surface area contributed by atoms with Crippen molar-refractivity contribution in [2.45, 2.75) is 25.3 Å². The molecule has 0 atom stereocenters. The standard InChI is InChI=1S/C21H25N5O3S/c1-14-9-17(10-15(2)21(14)27)19(11-22)26-8-7-24-20(13-26)25-12-16-3-5-18(6-4-16)30(23,28)29/h3-11,27H,12-13,22H2,1-2H3,(H,24,25)(H2,23,28,29)/b19-11-. The monoisotopic (exact) mass is 427 g/mol. The SMILES string of the molecule is Cc1cc(/C(=C/N)N2C=CN=C(NCc3ccc(S(N)(=O)=O)cc3)C2)cc(C)c1O. The van der Waals surface area contributed by atoms with Crippen LogP contribution >= 0.6 is 0 Å². The summed E-state index contributed by atoms with van der Waals surface area (Å²) in [6.07, 6.45) is 5.05. The van der Waals surface area contributed by atoms with E-state index in [1.807, 2.05) is 37.1 Å². The number of benzene rings is 2. The maximum absolute atomic E-state index is 11.4. The lowest BCUT2D eigenvalue weighted by Crippen LogP contribution is -2.35. The molecule has 1 heterocycles. The van der Waals surface area contributed by atoms with Gasteiger partial charge in [0.1, 0.15) is 11.6 Å². The van der Waals surface area contributed by atoms with Crippen LogP contribution in [0.1, 0.15) is 22.3 Å². The summed E-state index contributed by atoms with van der Waals surface area (Å²) in [7, 11) is -3.70. The molecule has 30 heavy (non-hydrogen) atoms. The first-order valence-electron chi connectivity index (χ1n) is 9.27. The first-order valence-corrected chi connectivity index (χ1v) is 10.8. The molecule has 2 aromatic rings. The molecule has 1 aliphatic heterocycles. The van der Waals surface area contributed by atoms with E-state index >= 15 is 0 Å². The largest absolute Gasteiger partial charge is 0.507 e. The quantitative estimate of drug-likeness (QED) is 0.576. The summed E-state index contributed by atoms with van der Waals surface area (Å²) >= 11 is 0.